The number of rotatable bonds is 3. The molecule has 0 aliphatic carbocycles. The minimum absolute atomic E-state index is 0.0846. The lowest BCUT2D eigenvalue weighted by Crippen LogP contribution is -1.99. The van der Waals surface area contributed by atoms with Crippen LogP contribution in [-0.4, -0.2) is 39.2 Å². The van der Waals surface area contributed by atoms with Gasteiger partial charge in [-0.1, -0.05) is 22.2 Å². The summed E-state index contributed by atoms with van der Waals surface area (Å²) in [6.45, 7) is 0.681. The Balaban J connectivity index is 1.73. The number of hydrogen-bond donors (Lipinski definition) is 2. The van der Waals surface area contributed by atoms with Crippen molar-refractivity contribution in [3.05, 3.63) is 47.2 Å². The molecule has 0 saturated heterocycles. The van der Waals surface area contributed by atoms with Crippen molar-refractivity contribution in [1.82, 2.24) is 15.4 Å². The van der Waals surface area contributed by atoms with Crippen molar-refractivity contribution in [2.24, 2.45) is 4.99 Å². The van der Waals surface area contributed by atoms with E-state index >= 15 is 0 Å². The van der Waals surface area contributed by atoms with E-state index in [0.29, 0.717) is 12.3 Å². The van der Waals surface area contributed by atoms with Crippen molar-refractivity contribution in [3.63, 3.8) is 0 Å². The number of allylic oxidation sites excluding steroid dienone is 1. The minimum Gasteiger partial charge on any atom is -0.476 e. The molecule has 0 unspecified atom stereocenters. The van der Waals surface area contributed by atoms with Gasteiger partial charge in [0.1, 0.15) is 5.75 Å². The molecular weight excluding hydrogens is 284 g/mol. The number of carboxylic acid groups (broad SMARTS) is 1. The molecule has 2 aromatic rings. The van der Waals surface area contributed by atoms with Crippen LogP contribution in [-0.2, 0) is 0 Å². The molecule has 2 heterocycles. The van der Waals surface area contributed by atoms with Crippen molar-refractivity contribution in [2.45, 2.75) is 0 Å². The molecule has 7 nitrogen and oxygen atoms in total. The van der Waals surface area contributed by atoms with Crippen LogP contribution in [0.5, 0.6) is 11.6 Å². The lowest BCUT2D eigenvalue weighted by Gasteiger charge is -2.02. The first-order chi connectivity index (χ1) is 10.7. The lowest BCUT2D eigenvalue weighted by atomic mass is 10.2. The Kier molecular flexibility index (Phi) is 3.66. The average molecular weight is 294 g/mol. The summed E-state index contributed by atoms with van der Waals surface area (Å²) in [6.07, 6.45) is 3.69. The normalized spacial score (nSPS) is 12.5. The number of carbonyl (C=O) groups is 1. The van der Waals surface area contributed by atoms with Crippen LogP contribution in [0.15, 0.2) is 40.9 Å². The van der Waals surface area contributed by atoms with Crippen molar-refractivity contribution < 1.29 is 14.6 Å². The Morgan fingerprint density at radius 3 is 2.77 bits per heavy atom. The van der Waals surface area contributed by atoms with Gasteiger partial charge in [-0.3, -0.25) is 4.99 Å². The number of hydrogen-bond acceptors (Lipinski definition) is 5. The van der Waals surface area contributed by atoms with Gasteiger partial charge in [-0.2, -0.15) is 0 Å². The maximum atomic E-state index is 10.9. The van der Waals surface area contributed by atoms with E-state index in [4.69, 9.17) is 9.84 Å². The van der Waals surface area contributed by atoms with Gasteiger partial charge in [-0.25, -0.2) is 9.89 Å². The molecule has 3 rings (SSSR count). The highest BCUT2D eigenvalue weighted by molar-refractivity contribution is 5.88. The maximum Gasteiger partial charge on any atom is 0.359 e. The highest BCUT2D eigenvalue weighted by Crippen LogP contribution is 2.21. The van der Waals surface area contributed by atoms with Crippen LogP contribution in [0.3, 0.4) is 0 Å². The molecule has 0 atom stereocenters. The third-order valence-electron chi connectivity index (χ3n) is 2.80. The molecule has 2 N–H and O–H groups in total. The first-order valence-electron chi connectivity index (χ1n) is 6.36. The van der Waals surface area contributed by atoms with Crippen LogP contribution < -0.4 is 4.74 Å². The van der Waals surface area contributed by atoms with Crippen LogP contribution >= 0.6 is 0 Å². The number of H-pyrrole nitrogens is 1. The van der Waals surface area contributed by atoms with E-state index in [1.165, 1.54) is 0 Å². The third-order valence-corrected chi connectivity index (χ3v) is 2.80. The number of aliphatic imine (C=N–C) groups is 1. The van der Waals surface area contributed by atoms with Crippen LogP contribution in [0.25, 0.3) is 0 Å². The van der Waals surface area contributed by atoms with Gasteiger partial charge >= 0.3 is 5.97 Å². The van der Waals surface area contributed by atoms with Crippen molar-refractivity contribution in [2.75, 3.05) is 6.54 Å². The molecule has 0 radical (unpaired) electrons. The summed E-state index contributed by atoms with van der Waals surface area (Å²) in [4.78, 5) is 15.0. The van der Waals surface area contributed by atoms with Crippen LogP contribution in [0.2, 0.25) is 0 Å². The van der Waals surface area contributed by atoms with Gasteiger partial charge in [-0.15, -0.1) is 0 Å². The molecule has 0 bridgehead atoms. The van der Waals surface area contributed by atoms with Gasteiger partial charge in [0.2, 0.25) is 5.69 Å². The first kappa shape index (κ1) is 13.6. The number of aromatic nitrogens is 3. The van der Waals surface area contributed by atoms with E-state index in [0.717, 1.165) is 11.1 Å². The topological polar surface area (TPSA) is 100 Å². The molecule has 22 heavy (non-hydrogen) atoms. The summed E-state index contributed by atoms with van der Waals surface area (Å²) in [6, 6.07) is 6.91. The van der Waals surface area contributed by atoms with E-state index in [1.54, 1.807) is 30.5 Å². The second kappa shape index (κ2) is 5.93. The van der Waals surface area contributed by atoms with E-state index in [-0.39, 0.29) is 11.6 Å². The summed E-state index contributed by atoms with van der Waals surface area (Å²) in [5, 5.41) is 18.2. The molecule has 0 saturated carbocycles. The molecule has 7 heteroatoms. The fourth-order valence-electron chi connectivity index (χ4n) is 1.73. The molecule has 1 aliphatic rings. The SMILES string of the molecule is O=C(O)c1[nH]nnc1Oc1ccc(C#CC2=CCN=C2)cc1. The van der Waals surface area contributed by atoms with Crippen LogP contribution in [0.4, 0.5) is 0 Å². The summed E-state index contributed by atoms with van der Waals surface area (Å²) < 4.78 is 5.38. The summed E-state index contributed by atoms with van der Waals surface area (Å²) >= 11 is 0. The molecule has 0 amide bonds. The largest absolute Gasteiger partial charge is 0.476 e. The van der Waals surface area contributed by atoms with Gasteiger partial charge in [0, 0.05) is 17.4 Å². The van der Waals surface area contributed by atoms with Gasteiger partial charge in [-0.05, 0) is 30.3 Å². The summed E-state index contributed by atoms with van der Waals surface area (Å²) in [7, 11) is 0. The zero-order valence-electron chi connectivity index (χ0n) is 11.3. The van der Waals surface area contributed by atoms with E-state index < -0.39 is 5.97 Å². The Labute approximate surface area is 125 Å². The van der Waals surface area contributed by atoms with Crippen LogP contribution in [0, 0.1) is 11.8 Å². The van der Waals surface area contributed by atoms with E-state index in [9.17, 15) is 4.79 Å². The smallest absolute Gasteiger partial charge is 0.359 e. The number of benzene rings is 1. The zero-order chi connectivity index (χ0) is 15.4. The van der Waals surface area contributed by atoms with Gasteiger partial charge in [0.05, 0.1) is 6.54 Å². The van der Waals surface area contributed by atoms with Crippen molar-refractivity contribution >= 4 is 12.2 Å². The zero-order valence-corrected chi connectivity index (χ0v) is 11.3. The minimum atomic E-state index is -1.19. The second-order valence-corrected chi connectivity index (χ2v) is 4.33. The highest BCUT2D eigenvalue weighted by Gasteiger charge is 2.16. The fourth-order valence-corrected chi connectivity index (χ4v) is 1.73. The van der Waals surface area contributed by atoms with Crippen LogP contribution in [0.1, 0.15) is 16.1 Å². The number of nitrogens with zero attached hydrogens (tertiary/aromatic N) is 3. The number of nitrogens with one attached hydrogen (secondary N) is 1. The molecule has 1 aromatic carbocycles. The number of ether oxygens (including phenoxy) is 1. The molecule has 0 fully saturated rings. The Hall–Kier alpha value is -3.40. The monoisotopic (exact) mass is 294 g/mol. The maximum absolute atomic E-state index is 10.9. The first-order valence-corrected chi connectivity index (χ1v) is 6.36. The molecule has 1 aliphatic heterocycles. The summed E-state index contributed by atoms with van der Waals surface area (Å²) in [5.41, 5.74) is 1.51. The molecule has 1 aromatic heterocycles. The van der Waals surface area contributed by atoms with Crippen molar-refractivity contribution in [1.29, 1.82) is 0 Å². The molecule has 0 spiro atoms. The number of aromatic amines is 1. The van der Waals surface area contributed by atoms with Gasteiger partial charge < -0.3 is 9.84 Å². The number of aromatic carboxylic acids is 1. The Morgan fingerprint density at radius 2 is 2.09 bits per heavy atom. The highest BCUT2D eigenvalue weighted by atomic mass is 16.5. The average Bonchev–Trinajstić information content (AvgIpc) is 3.17. The summed E-state index contributed by atoms with van der Waals surface area (Å²) in [5.74, 6) is 5.19. The predicted octanol–water partition coefficient (Wildman–Crippen LogP) is 1.66. The number of carboxylic acids is 1. The second-order valence-electron chi connectivity index (χ2n) is 4.33. The van der Waals surface area contributed by atoms with E-state index in [1.807, 2.05) is 6.08 Å². The fraction of sp³-hybridized carbons (Fsp3) is 0.0667. The predicted molar refractivity (Wildman–Crippen MR) is 78.2 cm³/mol. The van der Waals surface area contributed by atoms with Crippen molar-refractivity contribution in [3.8, 4) is 23.5 Å². The standard InChI is InChI=1S/C15H10N4O3/c20-15(21)13-14(18-19-17-13)22-12-5-3-10(4-6-12)1-2-11-7-8-16-9-11/h3-7,9H,8H2,(H,20,21)(H,17,18,19). The Bertz CT molecular complexity index is 822. The quantitative estimate of drug-likeness (QED) is 0.838. The molecular formula is C15H10N4O3. The lowest BCUT2D eigenvalue weighted by molar-refractivity contribution is 0.0687. The van der Waals surface area contributed by atoms with Gasteiger partial charge in [0.25, 0.3) is 5.88 Å². The molecule has 108 valence electrons. The third kappa shape index (κ3) is 3.02. The van der Waals surface area contributed by atoms with E-state index in [2.05, 4.69) is 32.2 Å². The Morgan fingerprint density at radius 1 is 1.27 bits per heavy atom. The van der Waals surface area contributed by atoms with Gasteiger partial charge in [0.15, 0.2) is 0 Å².